The third-order valence-corrected chi connectivity index (χ3v) is 8.47. The second-order valence-electron chi connectivity index (χ2n) is 9.21. The number of hydrogen-bond acceptors (Lipinski definition) is 5. The first-order valence-corrected chi connectivity index (χ1v) is 14.5. The van der Waals surface area contributed by atoms with Crippen LogP contribution in [0.25, 0.3) is 0 Å². The zero-order chi connectivity index (χ0) is 27.9. The van der Waals surface area contributed by atoms with Crippen LogP contribution in [0.4, 0.5) is 0 Å². The van der Waals surface area contributed by atoms with Crippen molar-refractivity contribution < 1.29 is 27.9 Å². The van der Waals surface area contributed by atoms with Crippen LogP contribution in [0, 0.1) is 6.92 Å². The average molecular weight is 541 g/mol. The van der Waals surface area contributed by atoms with Crippen molar-refractivity contribution in [1.29, 1.82) is 0 Å². The third-order valence-electron chi connectivity index (χ3n) is 7.05. The summed E-state index contributed by atoms with van der Waals surface area (Å²) in [6.07, 6.45) is 1.41. The third kappa shape index (κ3) is 6.10. The maximum Gasteiger partial charge on any atom is 0.305 e. The largest absolute Gasteiger partial charge is 0.481 e. The van der Waals surface area contributed by atoms with Gasteiger partial charge in [0.25, 0.3) is 5.91 Å². The Kier molecular flexibility index (Phi) is 9.38. The van der Waals surface area contributed by atoms with Crippen molar-refractivity contribution in [1.82, 2.24) is 9.88 Å². The van der Waals surface area contributed by atoms with Crippen molar-refractivity contribution in [2.24, 2.45) is 0 Å². The van der Waals surface area contributed by atoms with Crippen molar-refractivity contribution in [2.75, 3.05) is 12.5 Å². The van der Waals surface area contributed by atoms with Crippen molar-refractivity contribution in [3.05, 3.63) is 83.2 Å². The number of rotatable bonds is 13. The number of benzene rings is 2. The molecule has 9 heteroatoms. The monoisotopic (exact) mass is 540 g/mol. The number of nitrogens with zero attached hydrogens (tertiary/aromatic N) is 1. The lowest BCUT2D eigenvalue weighted by Gasteiger charge is -2.34. The summed E-state index contributed by atoms with van der Waals surface area (Å²) in [4.78, 5) is 23.9. The van der Waals surface area contributed by atoms with Gasteiger partial charge in [0.05, 0.1) is 11.3 Å². The molecule has 2 aromatic carbocycles. The van der Waals surface area contributed by atoms with Gasteiger partial charge in [-0.25, -0.2) is 8.42 Å². The van der Waals surface area contributed by atoms with E-state index in [0.717, 1.165) is 29.7 Å². The molecule has 2 N–H and O–H groups in total. The van der Waals surface area contributed by atoms with E-state index in [4.69, 9.17) is 9.84 Å². The molecule has 0 aliphatic rings. The molecule has 1 amide bonds. The molecule has 0 saturated heterocycles. The maximum atomic E-state index is 12.8. The van der Waals surface area contributed by atoms with E-state index in [0.29, 0.717) is 18.0 Å². The Balaban J connectivity index is 1.90. The normalized spacial score (nSPS) is 11.8. The quantitative estimate of drug-likeness (QED) is 0.317. The van der Waals surface area contributed by atoms with Crippen molar-refractivity contribution in [2.45, 2.75) is 63.8 Å². The lowest BCUT2D eigenvalue weighted by molar-refractivity contribution is -0.136. The smallest absolute Gasteiger partial charge is 0.305 e. The number of ether oxygens (including phenoxy) is 1. The molecule has 0 spiro atoms. The van der Waals surface area contributed by atoms with E-state index in [1.54, 1.807) is 36.4 Å². The van der Waals surface area contributed by atoms with Gasteiger partial charge in [-0.15, -0.1) is 0 Å². The number of sulfone groups is 1. The summed E-state index contributed by atoms with van der Waals surface area (Å²) in [7, 11) is -3.59. The van der Waals surface area contributed by atoms with E-state index >= 15 is 0 Å². The molecule has 0 unspecified atom stereocenters. The first kappa shape index (κ1) is 29.0. The van der Waals surface area contributed by atoms with Crippen LogP contribution in [0.3, 0.4) is 0 Å². The summed E-state index contributed by atoms with van der Waals surface area (Å²) in [5.74, 6) is -1.23. The fourth-order valence-electron chi connectivity index (χ4n) is 4.91. The van der Waals surface area contributed by atoms with Gasteiger partial charge in [0.2, 0.25) is 9.84 Å². The highest BCUT2D eigenvalue weighted by Gasteiger charge is 2.35. The van der Waals surface area contributed by atoms with Crippen LogP contribution < -0.4 is 10.1 Å². The van der Waals surface area contributed by atoms with Gasteiger partial charge in [-0.05, 0) is 68.1 Å². The predicted molar refractivity (Wildman–Crippen MR) is 146 cm³/mol. The van der Waals surface area contributed by atoms with Crippen LogP contribution >= 0.6 is 0 Å². The van der Waals surface area contributed by atoms with Gasteiger partial charge in [-0.2, -0.15) is 0 Å². The number of carbonyl (C=O) groups is 2. The molecule has 8 nitrogen and oxygen atoms in total. The zero-order valence-electron chi connectivity index (χ0n) is 22.4. The molecule has 1 heterocycles. The topological polar surface area (TPSA) is 115 Å². The first-order valence-electron chi connectivity index (χ1n) is 12.8. The fraction of sp³-hybridized carbons (Fsp3) is 0.379. The highest BCUT2D eigenvalue weighted by molar-refractivity contribution is 7.91. The summed E-state index contributed by atoms with van der Waals surface area (Å²) in [6.45, 7) is 8.72. The molecule has 204 valence electrons. The molecule has 1 aromatic heterocycles. The van der Waals surface area contributed by atoms with E-state index in [9.17, 15) is 18.0 Å². The molecule has 0 bridgehead atoms. The highest BCUT2D eigenvalue weighted by Crippen LogP contribution is 2.41. The average Bonchev–Trinajstić information content (AvgIpc) is 3.34. The second kappa shape index (κ2) is 12.3. The maximum absolute atomic E-state index is 12.8. The molecule has 38 heavy (non-hydrogen) atoms. The van der Waals surface area contributed by atoms with Gasteiger partial charge in [-0.1, -0.05) is 44.2 Å². The van der Waals surface area contributed by atoms with Crippen LogP contribution in [0.1, 0.15) is 67.3 Å². The van der Waals surface area contributed by atoms with Gasteiger partial charge >= 0.3 is 5.97 Å². The summed E-state index contributed by atoms with van der Waals surface area (Å²) in [5.41, 5.74) is 2.95. The van der Waals surface area contributed by atoms with Gasteiger partial charge in [0.1, 0.15) is 11.4 Å². The molecule has 3 rings (SSSR count). The molecule has 0 saturated carbocycles. The van der Waals surface area contributed by atoms with E-state index in [-0.39, 0.29) is 23.8 Å². The Morgan fingerprint density at radius 3 is 2.26 bits per heavy atom. The van der Waals surface area contributed by atoms with Gasteiger partial charge in [0.15, 0.2) is 5.94 Å². The number of carbonyl (C=O) groups excluding carboxylic acids is 1. The molecule has 3 aromatic rings. The van der Waals surface area contributed by atoms with Gasteiger partial charge < -0.3 is 19.7 Å². The van der Waals surface area contributed by atoms with E-state index in [1.165, 1.54) is 0 Å². The van der Waals surface area contributed by atoms with Crippen LogP contribution in [0.5, 0.6) is 5.75 Å². The number of aryl methyl sites for hydroxylation is 1. The van der Waals surface area contributed by atoms with E-state index in [1.807, 2.05) is 42.7 Å². The summed E-state index contributed by atoms with van der Waals surface area (Å²) < 4.78 is 33.0. The first-order chi connectivity index (χ1) is 18.1. The molecular formula is C29H36N2O6S. The van der Waals surface area contributed by atoms with Crippen LogP contribution in [-0.2, 0) is 26.6 Å². The standard InChI is InChI=1S/C29H36N2O6S/c1-5-29(6-2,26-16-14-24(31(26)7-3)28(34)30-18-17-27(32)33)22-13-15-25(21(4)19-22)37-20-38(35,36)23-11-9-8-10-12-23/h8-16,19H,5-7,17-18,20H2,1-4H3,(H,30,34)(H,32,33). The molecule has 0 atom stereocenters. The Labute approximate surface area is 224 Å². The second-order valence-corrected chi connectivity index (χ2v) is 11.1. The molecule has 0 radical (unpaired) electrons. The van der Waals surface area contributed by atoms with Gasteiger partial charge in [-0.3, -0.25) is 9.59 Å². The van der Waals surface area contributed by atoms with Crippen LogP contribution in [-0.4, -0.2) is 42.5 Å². The molecular weight excluding hydrogens is 504 g/mol. The summed E-state index contributed by atoms with van der Waals surface area (Å²) >= 11 is 0. The Hall–Kier alpha value is -3.59. The number of aromatic nitrogens is 1. The van der Waals surface area contributed by atoms with Crippen molar-refractivity contribution in [3.8, 4) is 5.75 Å². The number of carboxylic acid groups (broad SMARTS) is 1. The predicted octanol–water partition coefficient (Wildman–Crippen LogP) is 4.94. The number of carboxylic acids is 1. The minimum atomic E-state index is -3.59. The molecule has 0 aliphatic heterocycles. The minimum Gasteiger partial charge on any atom is -0.481 e. The number of hydrogen-bond donors (Lipinski definition) is 2. The van der Waals surface area contributed by atoms with Crippen molar-refractivity contribution in [3.63, 3.8) is 0 Å². The number of aliphatic carboxylic acids is 1. The van der Waals surface area contributed by atoms with Crippen LogP contribution in [0.2, 0.25) is 0 Å². The summed E-state index contributed by atoms with van der Waals surface area (Å²) in [5, 5.41) is 11.6. The number of amides is 1. The lowest BCUT2D eigenvalue weighted by Crippen LogP contribution is -2.32. The van der Waals surface area contributed by atoms with Gasteiger partial charge in [0, 0.05) is 24.2 Å². The van der Waals surface area contributed by atoms with Crippen LogP contribution in [0.15, 0.2) is 65.6 Å². The van der Waals surface area contributed by atoms with E-state index in [2.05, 4.69) is 19.2 Å². The molecule has 0 fully saturated rings. The Morgan fingerprint density at radius 2 is 1.68 bits per heavy atom. The lowest BCUT2D eigenvalue weighted by atomic mass is 9.72. The molecule has 0 aliphatic carbocycles. The van der Waals surface area contributed by atoms with E-state index < -0.39 is 27.2 Å². The summed E-state index contributed by atoms with van der Waals surface area (Å²) in [6, 6.07) is 17.8. The number of nitrogens with one attached hydrogen (secondary N) is 1. The Morgan fingerprint density at radius 1 is 1.00 bits per heavy atom. The van der Waals surface area contributed by atoms with Crippen molar-refractivity contribution >= 4 is 21.7 Å². The minimum absolute atomic E-state index is 0.0613. The highest BCUT2D eigenvalue weighted by atomic mass is 32.2. The SMILES string of the molecule is CCn1c(C(=O)NCCC(=O)O)ccc1C(CC)(CC)c1ccc(OCS(=O)(=O)c2ccccc2)c(C)c1. The zero-order valence-corrected chi connectivity index (χ0v) is 23.2. The Bertz CT molecular complexity index is 1380. The fourth-order valence-corrected chi connectivity index (χ4v) is 5.90.